The Morgan fingerprint density at radius 2 is 2.00 bits per heavy atom. The second-order valence-electron chi connectivity index (χ2n) is 3.91. The molecule has 1 rings (SSSR count). The fourth-order valence-electron chi connectivity index (χ4n) is 1.24. The summed E-state index contributed by atoms with van der Waals surface area (Å²) in [6, 6.07) is 4.97. The first-order valence-corrected chi connectivity index (χ1v) is 6.81. The molecule has 100 valence electrons. The van der Waals surface area contributed by atoms with Crippen molar-refractivity contribution in [2.75, 3.05) is 7.11 Å². The zero-order chi connectivity index (χ0) is 13.8. The maximum absolute atomic E-state index is 11.9. The predicted molar refractivity (Wildman–Crippen MR) is 67.0 cm³/mol. The van der Waals surface area contributed by atoms with Crippen molar-refractivity contribution in [2.45, 2.75) is 24.8 Å². The van der Waals surface area contributed by atoms with Gasteiger partial charge in [0.05, 0.1) is 12.0 Å². The Kier molecular flexibility index (Phi) is 4.55. The van der Waals surface area contributed by atoms with Crippen LogP contribution in [0.25, 0.3) is 0 Å². The number of benzene rings is 1. The maximum atomic E-state index is 11.9. The van der Waals surface area contributed by atoms with Gasteiger partial charge in [-0.3, -0.25) is 0 Å². The third-order valence-electron chi connectivity index (χ3n) is 2.00. The molecule has 0 saturated heterocycles. The molecule has 1 aromatic carbocycles. The number of hydrogen-bond acceptors (Lipinski definition) is 4. The van der Waals surface area contributed by atoms with Gasteiger partial charge in [-0.1, -0.05) is 6.07 Å². The molecule has 0 aliphatic rings. The first-order valence-electron chi connectivity index (χ1n) is 5.32. The summed E-state index contributed by atoms with van der Waals surface area (Å²) in [5.41, 5.74) is 0. The highest BCUT2D eigenvalue weighted by Gasteiger charge is 2.18. The van der Waals surface area contributed by atoms with E-state index in [2.05, 4.69) is 5.32 Å². The van der Waals surface area contributed by atoms with Gasteiger partial charge in [0, 0.05) is 12.1 Å². The summed E-state index contributed by atoms with van der Waals surface area (Å²) < 4.78 is 30.6. The number of nitrogens with one attached hydrogen (secondary N) is 2. The third-order valence-corrected chi connectivity index (χ3v) is 3.33. The molecule has 0 bridgehead atoms. The number of sulfonamides is 1. The molecule has 0 unspecified atom stereocenters. The molecule has 2 N–H and O–H groups in total. The summed E-state index contributed by atoms with van der Waals surface area (Å²) in [7, 11) is -2.44. The van der Waals surface area contributed by atoms with Crippen LogP contribution in [0.1, 0.15) is 13.8 Å². The number of hydrogen-bond donors (Lipinski definition) is 2. The fraction of sp³-hybridized carbons (Fsp3) is 0.364. The van der Waals surface area contributed by atoms with E-state index in [0.29, 0.717) is 5.75 Å². The van der Waals surface area contributed by atoms with Crippen molar-refractivity contribution in [3.05, 3.63) is 24.3 Å². The van der Waals surface area contributed by atoms with Gasteiger partial charge < -0.3 is 10.1 Å². The highest BCUT2D eigenvalue weighted by atomic mass is 32.2. The van der Waals surface area contributed by atoms with E-state index in [4.69, 9.17) is 4.74 Å². The lowest BCUT2D eigenvalue weighted by Gasteiger charge is -2.11. The molecule has 1 aromatic rings. The molecule has 0 aliphatic heterocycles. The second kappa shape index (κ2) is 5.72. The average molecular weight is 272 g/mol. The van der Waals surface area contributed by atoms with Gasteiger partial charge in [0.2, 0.25) is 0 Å². The van der Waals surface area contributed by atoms with Crippen LogP contribution in [0.3, 0.4) is 0 Å². The van der Waals surface area contributed by atoms with Gasteiger partial charge in [0.25, 0.3) is 10.0 Å². The van der Waals surface area contributed by atoms with Crippen LogP contribution in [-0.4, -0.2) is 27.6 Å². The average Bonchev–Trinajstić information content (AvgIpc) is 2.27. The molecule has 2 amide bonds. The van der Waals surface area contributed by atoms with E-state index in [1.165, 1.54) is 25.3 Å². The van der Waals surface area contributed by atoms with Crippen LogP contribution in [-0.2, 0) is 10.0 Å². The van der Waals surface area contributed by atoms with E-state index in [9.17, 15) is 13.2 Å². The van der Waals surface area contributed by atoms with Crippen LogP contribution in [0, 0.1) is 0 Å². The van der Waals surface area contributed by atoms with Crippen molar-refractivity contribution in [3.8, 4) is 5.75 Å². The zero-order valence-corrected chi connectivity index (χ0v) is 11.2. The molecule has 0 radical (unpaired) electrons. The first-order chi connectivity index (χ1) is 8.35. The van der Waals surface area contributed by atoms with E-state index < -0.39 is 16.1 Å². The SMILES string of the molecule is COc1cccc(S(=O)(=O)NC(=O)NC(C)C)c1. The zero-order valence-electron chi connectivity index (χ0n) is 10.4. The summed E-state index contributed by atoms with van der Waals surface area (Å²) in [6.07, 6.45) is 0. The van der Waals surface area contributed by atoms with Crippen molar-refractivity contribution in [3.63, 3.8) is 0 Å². The quantitative estimate of drug-likeness (QED) is 0.859. The Morgan fingerprint density at radius 1 is 1.33 bits per heavy atom. The largest absolute Gasteiger partial charge is 0.497 e. The number of carbonyl (C=O) groups excluding carboxylic acids is 1. The summed E-state index contributed by atoms with van der Waals surface area (Å²) in [5.74, 6) is 0.405. The summed E-state index contributed by atoms with van der Waals surface area (Å²) in [6.45, 7) is 3.47. The van der Waals surface area contributed by atoms with Crippen LogP contribution >= 0.6 is 0 Å². The summed E-state index contributed by atoms with van der Waals surface area (Å²) in [5, 5.41) is 2.44. The van der Waals surface area contributed by atoms with E-state index in [0.717, 1.165) is 0 Å². The minimum atomic E-state index is -3.88. The van der Waals surface area contributed by atoms with Gasteiger partial charge >= 0.3 is 6.03 Å². The lowest BCUT2D eigenvalue weighted by atomic mass is 10.3. The molecule has 0 fully saturated rings. The van der Waals surface area contributed by atoms with E-state index in [1.807, 2.05) is 4.72 Å². The van der Waals surface area contributed by atoms with Crippen molar-refractivity contribution in [2.24, 2.45) is 0 Å². The number of amides is 2. The first kappa shape index (κ1) is 14.3. The van der Waals surface area contributed by atoms with Crippen molar-refractivity contribution in [1.29, 1.82) is 0 Å². The Morgan fingerprint density at radius 3 is 2.56 bits per heavy atom. The smallest absolute Gasteiger partial charge is 0.328 e. The van der Waals surface area contributed by atoms with Gasteiger partial charge in [-0.15, -0.1) is 0 Å². The number of methoxy groups -OCH3 is 1. The molecule has 7 heteroatoms. The molecule has 18 heavy (non-hydrogen) atoms. The number of urea groups is 1. The van der Waals surface area contributed by atoms with E-state index >= 15 is 0 Å². The predicted octanol–water partition coefficient (Wildman–Crippen LogP) is 1.09. The second-order valence-corrected chi connectivity index (χ2v) is 5.60. The Bertz CT molecular complexity index is 526. The Balaban J connectivity index is 2.89. The Labute approximate surface area is 106 Å². The van der Waals surface area contributed by atoms with Crippen LogP contribution in [0.5, 0.6) is 5.75 Å². The highest BCUT2D eigenvalue weighted by Crippen LogP contribution is 2.16. The monoisotopic (exact) mass is 272 g/mol. The molecular weight excluding hydrogens is 256 g/mol. The van der Waals surface area contributed by atoms with Crippen molar-refractivity contribution < 1.29 is 17.9 Å². The molecule has 0 atom stereocenters. The fourth-order valence-corrected chi connectivity index (χ4v) is 2.19. The van der Waals surface area contributed by atoms with Crippen LogP contribution in [0.2, 0.25) is 0 Å². The number of rotatable bonds is 4. The van der Waals surface area contributed by atoms with Crippen molar-refractivity contribution in [1.82, 2.24) is 10.0 Å². The highest BCUT2D eigenvalue weighted by molar-refractivity contribution is 7.90. The number of ether oxygens (including phenoxy) is 1. The van der Waals surface area contributed by atoms with Crippen LogP contribution in [0.15, 0.2) is 29.2 Å². The van der Waals surface area contributed by atoms with Crippen molar-refractivity contribution >= 4 is 16.1 Å². The number of carbonyl (C=O) groups is 1. The van der Waals surface area contributed by atoms with Gasteiger partial charge in [0.15, 0.2) is 0 Å². The standard InChI is InChI=1S/C11H16N2O4S/c1-8(2)12-11(14)13-18(15,16)10-6-4-5-9(7-10)17-3/h4-8H,1-3H3,(H2,12,13,14). The molecule has 0 spiro atoms. The maximum Gasteiger partial charge on any atom is 0.328 e. The molecule has 0 saturated carbocycles. The van der Waals surface area contributed by atoms with Gasteiger partial charge in [-0.25, -0.2) is 17.9 Å². The van der Waals surface area contributed by atoms with Gasteiger partial charge in [-0.05, 0) is 26.0 Å². The lowest BCUT2D eigenvalue weighted by molar-refractivity contribution is 0.243. The molecule has 0 aromatic heterocycles. The van der Waals surface area contributed by atoms with Crippen LogP contribution in [0.4, 0.5) is 4.79 Å². The molecule has 6 nitrogen and oxygen atoms in total. The molecule has 0 aliphatic carbocycles. The van der Waals surface area contributed by atoms with Crippen LogP contribution < -0.4 is 14.8 Å². The van der Waals surface area contributed by atoms with Gasteiger partial charge in [-0.2, -0.15) is 0 Å². The Hall–Kier alpha value is -1.76. The normalized spacial score (nSPS) is 11.1. The molecule has 0 heterocycles. The third kappa shape index (κ3) is 3.92. The van der Waals surface area contributed by atoms with E-state index in [-0.39, 0.29) is 10.9 Å². The van der Waals surface area contributed by atoms with E-state index in [1.54, 1.807) is 19.9 Å². The lowest BCUT2D eigenvalue weighted by Crippen LogP contribution is -2.42. The minimum Gasteiger partial charge on any atom is -0.497 e. The van der Waals surface area contributed by atoms with Gasteiger partial charge in [0.1, 0.15) is 5.75 Å². The molecular formula is C11H16N2O4S. The summed E-state index contributed by atoms with van der Waals surface area (Å²) >= 11 is 0. The topological polar surface area (TPSA) is 84.5 Å². The summed E-state index contributed by atoms with van der Waals surface area (Å²) in [4.78, 5) is 11.3. The minimum absolute atomic E-state index is 0.0271.